The van der Waals surface area contributed by atoms with Gasteiger partial charge in [-0.05, 0) is 33.6 Å². The molecule has 1 rings (SSSR count). The minimum atomic E-state index is -0.122. The number of carbonyl (C=O) groups is 1. The third-order valence-electron chi connectivity index (χ3n) is 2.80. The predicted octanol–water partition coefficient (Wildman–Crippen LogP) is 1.49. The third kappa shape index (κ3) is 4.49. The van der Waals surface area contributed by atoms with Gasteiger partial charge < -0.3 is 14.8 Å². The maximum Gasteiger partial charge on any atom is 0.307 e. The molecule has 0 radical (unpaired) electrons. The zero-order chi connectivity index (χ0) is 12.0. The monoisotopic (exact) mass is 229 g/mol. The molecule has 1 unspecified atom stereocenters. The van der Waals surface area contributed by atoms with Crippen molar-refractivity contribution in [2.45, 2.75) is 58.2 Å². The summed E-state index contributed by atoms with van der Waals surface area (Å²) in [6.07, 6.45) is 2.98. The Hall–Kier alpha value is -0.610. The molecule has 0 saturated heterocycles. The Kier molecular flexibility index (Phi) is 5.77. The number of hydrogen-bond donors (Lipinski definition) is 1. The largest absolute Gasteiger partial charge is 0.466 e. The average Bonchev–Trinajstić information content (AvgIpc) is 2.14. The zero-order valence-electron chi connectivity index (χ0n) is 10.5. The zero-order valence-corrected chi connectivity index (χ0v) is 10.5. The molecule has 1 aliphatic carbocycles. The molecule has 16 heavy (non-hydrogen) atoms. The first kappa shape index (κ1) is 13.5. The summed E-state index contributed by atoms with van der Waals surface area (Å²) in [5, 5.41) is 3.41. The minimum absolute atomic E-state index is 0.122. The summed E-state index contributed by atoms with van der Waals surface area (Å²) in [6, 6.07) is 0.688. The Bertz CT molecular complexity index is 214. The van der Waals surface area contributed by atoms with Gasteiger partial charge in [0.2, 0.25) is 0 Å². The summed E-state index contributed by atoms with van der Waals surface area (Å²) in [5.41, 5.74) is 0. The molecule has 0 aromatic rings. The highest BCUT2D eigenvalue weighted by Gasteiger charge is 2.30. The first-order valence-corrected chi connectivity index (χ1v) is 6.19. The molecule has 0 amide bonds. The van der Waals surface area contributed by atoms with Crippen LogP contribution in [0.15, 0.2) is 0 Å². The van der Waals surface area contributed by atoms with Crippen molar-refractivity contribution in [1.29, 1.82) is 0 Å². The molecule has 1 atom stereocenters. The molecule has 4 heteroatoms. The smallest absolute Gasteiger partial charge is 0.307 e. The quantitative estimate of drug-likeness (QED) is 0.672. The van der Waals surface area contributed by atoms with Crippen LogP contribution in [0.5, 0.6) is 0 Å². The van der Waals surface area contributed by atoms with Crippen LogP contribution in [-0.2, 0) is 14.3 Å². The van der Waals surface area contributed by atoms with E-state index in [0.29, 0.717) is 25.2 Å². The van der Waals surface area contributed by atoms with Gasteiger partial charge in [0.05, 0.1) is 19.1 Å². The number of esters is 1. The van der Waals surface area contributed by atoms with Crippen LogP contribution in [0.3, 0.4) is 0 Å². The molecule has 4 nitrogen and oxygen atoms in total. The van der Waals surface area contributed by atoms with E-state index in [1.165, 1.54) is 0 Å². The molecular formula is C12H23NO3. The first-order chi connectivity index (χ1) is 7.65. The van der Waals surface area contributed by atoms with Crippen molar-refractivity contribution in [3.05, 3.63) is 0 Å². The van der Waals surface area contributed by atoms with Gasteiger partial charge in [0, 0.05) is 18.7 Å². The van der Waals surface area contributed by atoms with E-state index < -0.39 is 0 Å². The molecule has 0 bridgehead atoms. The molecule has 0 heterocycles. The topological polar surface area (TPSA) is 47.6 Å². The van der Waals surface area contributed by atoms with E-state index in [1.807, 2.05) is 20.8 Å². The summed E-state index contributed by atoms with van der Waals surface area (Å²) < 4.78 is 10.4. The van der Waals surface area contributed by atoms with Gasteiger partial charge in [0.15, 0.2) is 0 Å². The highest BCUT2D eigenvalue weighted by atomic mass is 16.5. The molecule has 0 spiro atoms. The van der Waals surface area contributed by atoms with E-state index in [2.05, 4.69) is 5.32 Å². The van der Waals surface area contributed by atoms with Gasteiger partial charge in [0.25, 0.3) is 0 Å². The summed E-state index contributed by atoms with van der Waals surface area (Å²) in [5.74, 6) is -0.122. The van der Waals surface area contributed by atoms with E-state index in [0.717, 1.165) is 19.4 Å². The summed E-state index contributed by atoms with van der Waals surface area (Å²) in [4.78, 5) is 11.2. The maximum absolute atomic E-state index is 11.2. The SMILES string of the molecule is CCOC(=O)CC(C)NC1CC(OCC)C1. The second-order valence-electron chi connectivity index (χ2n) is 4.32. The normalized spacial score (nSPS) is 25.9. The number of hydrogen-bond acceptors (Lipinski definition) is 4. The lowest BCUT2D eigenvalue weighted by Gasteiger charge is -2.37. The van der Waals surface area contributed by atoms with Crippen LogP contribution < -0.4 is 5.32 Å². The van der Waals surface area contributed by atoms with E-state index in [-0.39, 0.29) is 12.0 Å². The minimum Gasteiger partial charge on any atom is -0.466 e. The molecule has 94 valence electrons. The lowest BCUT2D eigenvalue weighted by molar-refractivity contribution is -0.143. The van der Waals surface area contributed by atoms with Crippen LogP contribution in [0.25, 0.3) is 0 Å². The third-order valence-corrected chi connectivity index (χ3v) is 2.80. The van der Waals surface area contributed by atoms with Gasteiger partial charge >= 0.3 is 5.97 Å². The molecule has 0 aromatic carbocycles. The summed E-state index contributed by atoms with van der Waals surface area (Å²) in [6.45, 7) is 7.11. The van der Waals surface area contributed by atoms with Gasteiger partial charge in [0.1, 0.15) is 0 Å². The fraction of sp³-hybridized carbons (Fsp3) is 0.917. The van der Waals surface area contributed by atoms with Crippen LogP contribution in [0, 0.1) is 0 Å². The predicted molar refractivity (Wildman–Crippen MR) is 62.3 cm³/mol. The molecule has 0 aliphatic heterocycles. The van der Waals surface area contributed by atoms with Crippen LogP contribution >= 0.6 is 0 Å². The van der Waals surface area contributed by atoms with Gasteiger partial charge in [-0.3, -0.25) is 4.79 Å². The van der Waals surface area contributed by atoms with Gasteiger partial charge in [-0.2, -0.15) is 0 Å². The van der Waals surface area contributed by atoms with Crippen molar-refractivity contribution in [2.24, 2.45) is 0 Å². The van der Waals surface area contributed by atoms with Gasteiger partial charge in [-0.15, -0.1) is 0 Å². The van der Waals surface area contributed by atoms with Crippen LogP contribution in [0.1, 0.15) is 40.0 Å². The average molecular weight is 229 g/mol. The standard InChI is InChI=1S/C12H23NO3/c1-4-15-11-7-10(8-11)13-9(3)6-12(14)16-5-2/h9-11,13H,4-8H2,1-3H3. The number of nitrogens with one attached hydrogen (secondary N) is 1. The van der Waals surface area contributed by atoms with Gasteiger partial charge in [-0.25, -0.2) is 0 Å². The molecule has 0 aromatic heterocycles. The molecule has 1 fully saturated rings. The molecular weight excluding hydrogens is 206 g/mol. The van der Waals surface area contributed by atoms with E-state index in [1.54, 1.807) is 0 Å². The Morgan fingerprint density at radius 1 is 1.38 bits per heavy atom. The summed E-state index contributed by atoms with van der Waals surface area (Å²) in [7, 11) is 0. The first-order valence-electron chi connectivity index (χ1n) is 6.19. The second kappa shape index (κ2) is 6.86. The van der Waals surface area contributed by atoms with Crippen molar-refractivity contribution < 1.29 is 14.3 Å². The van der Waals surface area contributed by atoms with Crippen LogP contribution in [-0.4, -0.2) is 37.4 Å². The second-order valence-corrected chi connectivity index (χ2v) is 4.32. The fourth-order valence-electron chi connectivity index (χ4n) is 2.00. The van der Waals surface area contributed by atoms with Crippen molar-refractivity contribution in [3.63, 3.8) is 0 Å². The Morgan fingerprint density at radius 2 is 2.06 bits per heavy atom. The van der Waals surface area contributed by atoms with E-state index in [4.69, 9.17) is 9.47 Å². The molecule has 1 N–H and O–H groups in total. The number of carbonyl (C=O) groups excluding carboxylic acids is 1. The number of ether oxygens (including phenoxy) is 2. The highest BCUT2D eigenvalue weighted by molar-refractivity contribution is 5.70. The Morgan fingerprint density at radius 3 is 2.62 bits per heavy atom. The lowest BCUT2D eigenvalue weighted by Crippen LogP contribution is -2.49. The van der Waals surface area contributed by atoms with E-state index >= 15 is 0 Å². The maximum atomic E-state index is 11.2. The molecule has 1 saturated carbocycles. The highest BCUT2D eigenvalue weighted by Crippen LogP contribution is 2.23. The van der Waals surface area contributed by atoms with Crippen molar-refractivity contribution >= 4 is 5.97 Å². The number of rotatable bonds is 7. The fourth-order valence-corrected chi connectivity index (χ4v) is 2.00. The van der Waals surface area contributed by atoms with Crippen LogP contribution in [0.2, 0.25) is 0 Å². The van der Waals surface area contributed by atoms with Crippen molar-refractivity contribution in [3.8, 4) is 0 Å². The lowest BCUT2D eigenvalue weighted by atomic mass is 9.88. The van der Waals surface area contributed by atoms with Crippen molar-refractivity contribution in [1.82, 2.24) is 5.32 Å². The Labute approximate surface area is 97.7 Å². The van der Waals surface area contributed by atoms with E-state index in [9.17, 15) is 4.79 Å². The van der Waals surface area contributed by atoms with Gasteiger partial charge in [-0.1, -0.05) is 0 Å². The Balaban J connectivity index is 2.07. The van der Waals surface area contributed by atoms with Crippen molar-refractivity contribution in [2.75, 3.05) is 13.2 Å². The summed E-state index contributed by atoms with van der Waals surface area (Å²) >= 11 is 0. The molecule has 1 aliphatic rings. The van der Waals surface area contributed by atoms with Crippen LogP contribution in [0.4, 0.5) is 0 Å².